The quantitative estimate of drug-likeness (QED) is 0.711. The van der Waals surface area contributed by atoms with Crippen molar-refractivity contribution in [2.75, 3.05) is 5.32 Å². The summed E-state index contributed by atoms with van der Waals surface area (Å²) in [6, 6.07) is 3.80. The second kappa shape index (κ2) is 7.16. The first-order valence-electron chi connectivity index (χ1n) is 7.90. The number of carbonyl (C=O) groups excluding carboxylic acids is 1. The van der Waals surface area contributed by atoms with Gasteiger partial charge in [-0.2, -0.15) is 0 Å². The average Bonchev–Trinajstić information content (AvgIpc) is 3.15. The van der Waals surface area contributed by atoms with Crippen LogP contribution in [0.3, 0.4) is 0 Å². The molecule has 3 aromatic heterocycles. The number of alkyl halides is 2. The molecule has 0 aromatic carbocycles. The van der Waals surface area contributed by atoms with Gasteiger partial charge >= 0.3 is 0 Å². The molecule has 0 aliphatic carbocycles. The highest BCUT2D eigenvalue weighted by Gasteiger charge is 2.23. The number of hydrogen-bond donors (Lipinski definition) is 2. The van der Waals surface area contributed by atoms with E-state index < -0.39 is 17.9 Å². The van der Waals surface area contributed by atoms with Crippen molar-refractivity contribution in [2.45, 2.75) is 25.9 Å². The first-order chi connectivity index (χ1) is 12.7. The van der Waals surface area contributed by atoms with Crippen LogP contribution < -0.4 is 5.32 Å². The molecule has 0 saturated carbocycles. The summed E-state index contributed by atoms with van der Waals surface area (Å²) in [5.41, 5.74) is -1.24. The van der Waals surface area contributed by atoms with Crippen LogP contribution in [0.5, 0.6) is 0 Å². The fraction of sp³-hybridized carbons (Fsp3) is 0.235. The molecule has 8 nitrogen and oxygen atoms in total. The Kier molecular flexibility index (Phi) is 4.91. The first kappa shape index (κ1) is 18.5. The van der Waals surface area contributed by atoms with Crippen LogP contribution in [-0.2, 0) is 5.60 Å². The molecule has 0 unspecified atom stereocenters. The molecule has 140 valence electrons. The number of imidazole rings is 1. The van der Waals surface area contributed by atoms with Crippen molar-refractivity contribution in [3.05, 3.63) is 60.2 Å². The van der Waals surface area contributed by atoms with Crippen LogP contribution >= 0.6 is 0 Å². The Balaban J connectivity index is 1.92. The second-order valence-electron chi connectivity index (χ2n) is 6.19. The fourth-order valence-corrected chi connectivity index (χ4v) is 2.16. The van der Waals surface area contributed by atoms with E-state index in [2.05, 4.69) is 25.3 Å². The summed E-state index contributed by atoms with van der Waals surface area (Å²) in [6.07, 6.45) is 3.02. The first-order valence-corrected chi connectivity index (χ1v) is 7.90. The minimum atomic E-state index is -2.69. The fourth-order valence-electron chi connectivity index (χ4n) is 2.16. The van der Waals surface area contributed by atoms with Crippen LogP contribution in [0.15, 0.2) is 43.1 Å². The standard InChI is InChI=1S/C17H16F2N6O2/c1-17(2,27)13-7-12(23-16(24-13)25-6-5-20-9-25)15(26)22-10-3-4-11(14(18)19)21-8-10/h3-9,14,27H,1-2H3,(H,22,26). The van der Waals surface area contributed by atoms with Gasteiger partial charge in [0.05, 0.1) is 17.6 Å². The summed E-state index contributed by atoms with van der Waals surface area (Å²) in [7, 11) is 0. The van der Waals surface area contributed by atoms with E-state index in [-0.39, 0.29) is 28.7 Å². The van der Waals surface area contributed by atoms with E-state index in [0.29, 0.717) is 0 Å². The molecule has 0 aliphatic rings. The van der Waals surface area contributed by atoms with Crippen molar-refractivity contribution in [3.8, 4) is 5.95 Å². The SMILES string of the molecule is CC(C)(O)c1cc(C(=O)Nc2ccc(C(F)F)nc2)nc(-n2ccnc2)n1. The number of hydrogen-bond acceptors (Lipinski definition) is 6. The van der Waals surface area contributed by atoms with Crippen molar-refractivity contribution in [2.24, 2.45) is 0 Å². The molecule has 3 heterocycles. The Morgan fingerprint density at radius 3 is 2.63 bits per heavy atom. The summed E-state index contributed by atoms with van der Waals surface area (Å²) in [5, 5.41) is 12.8. The molecule has 0 fully saturated rings. The number of aromatic nitrogens is 5. The van der Waals surface area contributed by atoms with Gasteiger partial charge in [0.25, 0.3) is 12.3 Å². The van der Waals surface area contributed by atoms with Gasteiger partial charge in [0.1, 0.15) is 23.3 Å². The average molecular weight is 374 g/mol. The third-order valence-corrected chi connectivity index (χ3v) is 3.58. The van der Waals surface area contributed by atoms with E-state index in [4.69, 9.17) is 0 Å². The van der Waals surface area contributed by atoms with Crippen LogP contribution in [0.1, 0.15) is 42.1 Å². The lowest BCUT2D eigenvalue weighted by atomic mass is 10.0. The molecule has 27 heavy (non-hydrogen) atoms. The van der Waals surface area contributed by atoms with E-state index >= 15 is 0 Å². The number of anilines is 1. The molecule has 0 spiro atoms. The molecule has 3 rings (SSSR count). The lowest BCUT2D eigenvalue weighted by Crippen LogP contribution is -2.23. The predicted octanol–water partition coefficient (Wildman–Crippen LogP) is 2.47. The van der Waals surface area contributed by atoms with Crippen molar-refractivity contribution < 1.29 is 18.7 Å². The number of halogens is 2. The Morgan fingerprint density at radius 1 is 1.30 bits per heavy atom. The number of rotatable bonds is 5. The molecular formula is C17H16F2N6O2. The lowest BCUT2D eigenvalue weighted by molar-refractivity contribution is 0.0735. The van der Waals surface area contributed by atoms with Gasteiger partial charge in [-0.15, -0.1) is 0 Å². The van der Waals surface area contributed by atoms with Crippen molar-refractivity contribution in [3.63, 3.8) is 0 Å². The van der Waals surface area contributed by atoms with Gasteiger partial charge in [-0.25, -0.2) is 23.7 Å². The van der Waals surface area contributed by atoms with Gasteiger partial charge in [-0.1, -0.05) is 0 Å². The van der Waals surface area contributed by atoms with Gasteiger partial charge in [0, 0.05) is 12.4 Å². The summed E-state index contributed by atoms with van der Waals surface area (Å²) in [5.74, 6) is -0.445. The van der Waals surface area contributed by atoms with Crippen molar-refractivity contribution in [1.82, 2.24) is 24.5 Å². The van der Waals surface area contributed by atoms with E-state index in [0.717, 1.165) is 12.3 Å². The highest BCUT2D eigenvalue weighted by Crippen LogP contribution is 2.21. The van der Waals surface area contributed by atoms with Gasteiger partial charge in [0.15, 0.2) is 0 Å². The largest absolute Gasteiger partial charge is 0.384 e. The third-order valence-electron chi connectivity index (χ3n) is 3.58. The monoisotopic (exact) mass is 374 g/mol. The lowest BCUT2D eigenvalue weighted by Gasteiger charge is -2.18. The van der Waals surface area contributed by atoms with E-state index in [1.165, 1.54) is 43.1 Å². The number of nitrogens with zero attached hydrogens (tertiary/aromatic N) is 5. The van der Waals surface area contributed by atoms with Crippen LogP contribution in [-0.4, -0.2) is 35.5 Å². The van der Waals surface area contributed by atoms with E-state index in [9.17, 15) is 18.7 Å². The zero-order valence-electron chi connectivity index (χ0n) is 14.5. The molecule has 0 atom stereocenters. The maximum atomic E-state index is 12.6. The number of amides is 1. The highest BCUT2D eigenvalue weighted by atomic mass is 19.3. The maximum absolute atomic E-state index is 12.6. The van der Waals surface area contributed by atoms with E-state index in [1.807, 2.05) is 0 Å². The van der Waals surface area contributed by atoms with Crippen molar-refractivity contribution in [1.29, 1.82) is 0 Å². The molecule has 0 radical (unpaired) electrons. The molecule has 0 saturated heterocycles. The molecule has 2 N–H and O–H groups in total. The Bertz CT molecular complexity index is 937. The smallest absolute Gasteiger partial charge is 0.280 e. The molecule has 0 aliphatic heterocycles. The van der Waals surface area contributed by atoms with Crippen LogP contribution in [0.4, 0.5) is 14.5 Å². The minimum absolute atomic E-state index is 0.0104. The minimum Gasteiger partial charge on any atom is -0.384 e. The van der Waals surface area contributed by atoms with Gasteiger partial charge in [-0.05, 0) is 32.0 Å². The predicted molar refractivity (Wildman–Crippen MR) is 91.5 cm³/mol. The highest BCUT2D eigenvalue weighted by molar-refractivity contribution is 6.02. The van der Waals surface area contributed by atoms with Gasteiger partial charge in [-0.3, -0.25) is 14.3 Å². The molecular weight excluding hydrogens is 358 g/mol. The second-order valence-corrected chi connectivity index (χ2v) is 6.19. The topological polar surface area (TPSA) is 106 Å². The van der Waals surface area contributed by atoms with E-state index in [1.54, 1.807) is 6.20 Å². The van der Waals surface area contributed by atoms with Crippen LogP contribution in [0.25, 0.3) is 5.95 Å². The zero-order chi connectivity index (χ0) is 19.6. The Labute approximate surface area is 153 Å². The Morgan fingerprint density at radius 2 is 2.07 bits per heavy atom. The third kappa shape index (κ3) is 4.29. The van der Waals surface area contributed by atoms with Crippen LogP contribution in [0.2, 0.25) is 0 Å². The zero-order valence-corrected chi connectivity index (χ0v) is 14.5. The van der Waals surface area contributed by atoms with Gasteiger partial charge in [0.2, 0.25) is 5.95 Å². The summed E-state index contributed by atoms with van der Waals surface area (Å²) >= 11 is 0. The Hall–Kier alpha value is -3.27. The summed E-state index contributed by atoms with van der Waals surface area (Å²) in [4.78, 5) is 28.5. The number of pyridine rings is 1. The molecule has 0 bridgehead atoms. The van der Waals surface area contributed by atoms with Crippen molar-refractivity contribution >= 4 is 11.6 Å². The summed E-state index contributed by atoms with van der Waals surface area (Å²) < 4.78 is 26.6. The molecule has 3 aromatic rings. The summed E-state index contributed by atoms with van der Waals surface area (Å²) in [6.45, 7) is 3.06. The number of carbonyl (C=O) groups is 1. The number of nitrogens with one attached hydrogen (secondary N) is 1. The molecule has 10 heteroatoms. The normalized spacial score (nSPS) is 11.6. The number of aliphatic hydroxyl groups is 1. The van der Waals surface area contributed by atoms with Crippen LogP contribution in [0, 0.1) is 0 Å². The van der Waals surface area contributed by atoms with Gasteiger partial charge < -0.3 is 10.4 Å². The molecule has 1 amide bonds. The maximum Gasteiger partial charge on any atom is 0.280 e.